The summed E-state index contributed by atoms with van der Waals surface area (Å²) >= 11 is 0. The molecule has 3 rings (SSSR count). The number of hydrogen-bond donors (Lipinski definition) is 2. The highest BCUT2D eigenvalue weighted by molar-refractivity contribution is 5.99. The van der Waals surface area contributed by atoms with Crippen LogP contribution < -0.4 is 29.8 Å². The molecule has 3 aromatic rings. The van der Waals surface area contributed by atoms with Gasteiger partial charge in [0.2, 0.25) is 0 Å². The van der Waals surface area contributed by atoms with Crippen LogP contribution in [0.15, 0.2) is 66.7 Å². The van der Waals surface area contributed by atoms with Crippen LogP contribution in [0.4, 0.5) is 0 Å². The van der Waals surface area contributed by atoms with Crippen molar-refractivity contribution in [1.82, 2.24) is 10.9 Å². The predicted octanol–water partition coefficient (Wildman–Crippen LogP) is 4.15. The molecule has 0 saturated carbocycles. The molecule has 34 heavy (non-hydrogen) atoms. The molecule has 0 aliphatic heterocycles. The molecular weight excluding hydrogens is 436 g/mol. The number of carbonyl (C=O) groups excluding carboxylic acids is 2. The topological polar surface area (TPSA) is 95.1 Å². The Kier molecular flexibility index (Phi) is 8.73. The van der Waals surface area contributed by atoms with E-state index in [-0.39, 0.29) is 0 Å². The number of carbonyl (C=O) groups is 2. The van der Waals surface area contributed by atoms with E-state index in [2.05, 4.69) is 10.9 Å². The molecule has 0 radical (unpaired) electrons. The lowest BCUT2D eigenvalue weighted by Crippen LogP contribution is -2.41. The van der Waals surface area contributed by atoms with E-state index in [1.54, 1.807) is 36.4 Å². The Hall–Kier alpha value is -4.20. The van der Waals surface area contributed by atoms with Crippen molar-refractivity contribution in [2.75, 3.05) is 20.8 Å². The van der Waals surface area contributed by atoms with Gasteiger partial charge < -0.3 is 18.9 Å². The van der Waals surface area contributed by atoms with Crippen molar-refractivity contribution in [3.8, 4) is 23.0 Å². The number of benzene rings is 3. The van der Waals surface area contributed by atoms with Gasteiger partial charge in [0, 0.05) is 11.1 Å². The molecule has 3 aromatic carbocycles. The summed E-state index contributed by atoms with van der Waals surface area (Å²) in [5, 5.41) is 0. The van der Waals surface area contributed by atoms with Crippen molar-refractivity contribution >= 4 is 11.8 Å². The second kappa shape index (κ2) is 12.2. The Morgan fingerprint density at radius 1 is 0.706 bits per heavy atom. The lowest BCUT2D eigenvalue weighted by atomic mass is 10.2. The SMILES string of the molecule is CCCOc1ccc(C(=O)NNC(=O)c2ccc(OCc3ccccc3)c(OC)c2)cc1OC. The van der Waals surface area contributed by atoms with E-state index < -0.39 is 11.8 Å². The summed E-state index contributed by atoms with van der Waals surface area (Å²) in [4.78, 5) is 25.1. The molecule has 0 fully saturated rings. The molecular formula is C26H28N2O6. The number of rotatable bonds is 10. The highest BCUT2D eigenvalue weighted by Gasteiger charge is 2.15. The Morgan fingerprint density at radius 3 is 1.74 bits per heavy atom. The minimum Gasteiger partial charge on any atom is -0.493 e. The summed E-state index contributed by atoms with van der Waals surface area (Å²) in [7, 11) is 2.99. The lowest BCUT2D eigenvalue weighted by Gasteiger charge is -2.13. The molecule has 0 aliphatic carbocycles. The smallest absolute Gasteiger partial charge is 0.269 e. The van der Waals surface area contributed by atoms with Gasteiger partial charge in [-0.3, -0.25) is 20.4 Å². The first-order chi connectivity index (χ1) is 16.5. The van der Waals surface area contributed by atoms with Crippen molar-refractivity contribution in [1.29, 1.82) is 0 Å². The number of methoxy groups -OCH3 is 2. The third kappa shape index (κ3) is 6.41. The molecule has 0 spiro atoms. The molecule has 0 unspecified atom stereocenters. The molecule has 178 valence electrons. The van der Waals surface area contributed by atoms with E-state index in [4.69, 9.17) is 18.9 Å². The van der Waals surface area contributed by atoms with E-state index in [1.807, 2.05) is 37.3 Å². The van der Waals surface area contributed by atoms with Crippen LogP contribution in [0, 0.1) is 0 Å². The molecule has 0 saturated heterocycles. The monoisotopic (exact) mass is 464 g/mol. The highest BCUT2D eigenvalue weighted by atomic mass is 16.5. The largest absolute Gasteiger partial charge is 0.493 e. The van der Waals surface area contributed by atoms with Crippen LogP contribution in [-0.2, 0) is 6.61 Å². The van der Waals surface area contributed by atoms with Gasteiger partial charge in [-0.05, 0) is 48.4 Å². The second-order valence-corrected chi connectivity index (χ2v) is 7.26. The quantitative estimate of drug-likeness (QED) is 0.438. The first kappa shape index (κ1) is 24.4. The number of ether oxygens (including phenoxy) is 4. The maximum Gasteiger partial charge on any atom is 0.269 e. The molecule has 8 heteroatoms. The molecule has 0 bridgehead atoms. The van der Waals surface area contributed by atoms with Crippen LogP contribution in [0.5, 0.6) is 23.0 Å². The van der Waals surface area contributed by atoms with Gasteiger partial charge in [-0.2, -0.15) is 0 Å². The molecule has 2 amide bonds. The van der Waals surface area contributed by atoms with Crippen LogP contribution >= 0.6 is 0 Å². The fraction of sp³-hybridized carbons (Fsp3) is 0.231. The average Bonchev–Trinajstić information content (AvgIpc) is 2.89. The predicted molar refractivity (Wildman–Crippen MR) is 127 cm³/mol. The number of hydrogen-bond acceptors (Lipinski definition) is 6. The van der Waals surface area contributed by atoms with Gasteiger partial charge in [0.05, 0.1) is 20.8 Å². The lowest BCUT2D eigenvalue weighted by molar-refractivity contribution is 0.0846. The van der Waals surface area contributed by atoms with E-state index >= 15 is 0 Å². The zero-order valence-corrected chi connectivity index (χ0v) is 19.4. The molecule has 0 heterocycles. The average molecular weight is 465 g/mol. The molecule has 0 aliphatic rings. The summed E-state index contributed by atoms with van der Waals surface area (Å²) in [5.41, 5.74) is 6.42. The van der Waals surface area contributed by atoms with Crippen LogP contribution in [0.1, 0.15) is 39.6 Å². The van der Waals surface area contributed by atoms with Crippen molar-refractivity contribution < 1.29 is 28.5 Å². The maximum absolute atomic E-state index is 12.6. The summed E-state index contributed by atoms with van der Waals surface area (Å²) in [6, 6.07) is 19.3. The van der Waals surface area contributed by atoms with Crippen LogP contribution in [0.25, 0.3) is 0 Å². The first-order valence-corrected chi connectivity index (χ1v) is 10.8. The zero-order chi connectivity index (χ0) is 24.3. The maximum atomic E-state index is 12.6. The molecule has 8 nitrogen and oxygen atoms in total. The van der Waals surface area contributed by atoms with Crippen molar-refractivity contribution in [3.63, 3.8) is 0 Å². The Bertz CT molecular complexity index is 1120. The fourth-order valence-electron chi connectivity index (χ4n) is 3.06. The third-order valence-electron chi connectivity index (χ3n) is 4.84. The van der Waals surface area contributed by atoms with E-state index in [0.29, 0.717) is 47.3 Å². The van der Waals surface area contributed by atoms with Gasteiger partial charge in [-0.25, -0.2) is 0 Å². The Balaban J connectivity index is 1.61. The minimum atomic E-state index is -0.504. The Labute approximate surface area is 198 Å². The number of nitrogens with one attached hydrogen (secondary N) is 2. The first-order valence-electron chi connectivity index (χ1n) is 10.8. The summed E-state index contributed by atoms with van der Waals surface area (Å²) in [6.45, 7) is 2.90. The van der Waals surface area contributed by atoms with Crippen molar-refractivity contribution in [2.24, 2.45) is 0 Å². The Morgan fingerprint density at radius 2 is 1.24 bits per heavy atom. The molecule has 2 N–H and O–H groups in total. The van der Waals surface area contributed by atoms with Gasteiger partial charge in [0.1, 0.15) is 6.61 Å². The van der Waals surface area contributed by atoms with Crippen molar-refractivity contribution in [2.45, 2.75) is 20.0 Å². The van der Waals surface area contributed by atoms with Gasteiger partial charge in [0.15, 0.2) is 23.0 Å². The summed E-state index contributed by atoms with van der Waals surface area (Å²) < 4.78 is 22.1. The van der Waals surface area contributed by atoms with Crippen molar-refractivity contribution in [3.05, 3.63) is 83.4 Å². The second-order valence-electron chi connectivity index (χ2n) is 7.26. The minimum absolute atomic E-state index is 0.296. The number of amides is 2. The molecule has 0 aromatic heterocycles. The van der Waals surface area contributed by atoms with E-state index in [9.17, 15) is 9.59 Å². The van der Waals surface area contributed by atoms with Crippen LogP contribution in [0.2, 0.25) is 0 Å². The zero-order valence-electron chi connectivity index (χ0n) is 19.4. The van der Waals surface area contributed by atoms with Gasteiger partial charge in [0.25, 0.3) is 11.8 Å². The van der Waals surface area contributed by atoms with Gasteiger partial charge >= 0.3 is 0 Å². The van der Waals surface area contributed by atoms with Gasteiger partial charge in [-0.15, -0.1) is 0 Å². The fourth-order valence-corrected chi connectivity index (χ4v) is 3.06. The molecule has 0 atom stereocenters. The van der Waals surface area contributed by atoms with Crippen LogP contribution in [0.3, 0.4) is 0 Å². The summed E-state index contributed by atoms with van der Waals surface area (Å²) in [5.74, 6) is 0.890. The highest BCUT2D eigenvalue weighted by Crippen LogP contribution is 2.29. The standard InChI is InChI=1S/C26H28N2O6/c1-4-14-33-21-12-10-19(15-23(21)31-2)25(29)27-28-26(30)20-11-13-22(24(16-20)32-3)34-17-18-8-6-5-7-9-18/h5-13,15-16H,4,14,17H2,1-3H3,(H,27,29)(H,28,30). The van der Waals surface area contributed by atoms with E-state index in [1.165, 1.54) is 14.2 Å². The number of hydrazine groups is 1. The van der Waals surface area contributed by atoms with Crippen LogP contribution in [-0.4, -0.2) is 32.6 Å². The normalized spacial score (nSPS) is 10.2. The summed E-state index contributed by atoms with van der Waals surface area (Å²) in [6.07, 6.45) is 0.850. The third-order valence-corrected chi connectivity index (χ3v) is 4.84. The van der Waals surface area contributed by atoms with E-state index in [0.717, 1.165) is 12.0 Å². The van der Waals surface area contributed by atoms with Gasteiger partial charge in [-0.1, -0.05) is 37.3 Å².